The van der Waals surface area contributed by atoms with E-state index in [1.807, 2.05) is 23.1 Å². The molecule has 0 saturated carbocycles. The molecule has 1 aromatic carbocycles. The predicted octanol–water partition coefficient (Wildman–Crippen LogP) is 2.69. The average molecular weight is 148 g/mol. The summed E-state index contributed by atoms with van der Waals surface area (Å²) < 4.78 is 0. The lowest BCUT2D eigenvalue weighted by atomic mass is 10.2. The predicted molar refractivity (Wildman–Crippen MR) is 49.4 cm³/mol. The Hall–Kier alpha value is -0.980. The van der Waals surface area contributed by atoms with Gasteiger partial charge in [0, 0.05) is 18.8 Å². The molecule has 1 heteroatoms. The largest absolute Gasteiger partial charge is 0.367 e. The molecular formula is C10H14N. The zero-order chi connectivity index (χ0) is 8.27. The zero-order valence-corrected chi connectivity index (χ0v) is 7.12. The third-order valence-electron chi connectivity index (χ3n) is 1.71. The smallest absolute Gasteiger partial charge is 0.0369 e. The van der Waals surface area contributed by atoms with Crippen LogP contribution in [0.25, 0.3) is 0 Å². The van der Waals surface area contributed by atoms with Crippen LogP contribution in [0.1, 0.15) is 13.8 Å². The lowest BCUT2D eigenvalue weighted by Crippen LogP contribution is -2.22. The molecule has 11 heavy (non-hydrogen) atoms. The molecule has 0 unspecified atom stereocenters. The molecule has 59 valence electrons. The van der Waals surface area contributed by atoms with Crippen LogP contribution in [0.3, 0.4) is 0 Å². The van der Waals surface area contributed by atoms with Crippen LogP contribution in [0.2, 0.25) is 0 Å². The van der Waals surface area contributed by atoms with Crippen molar-refractivity contribution in [3.8, 4) is 0 Å². The average Bonchev–Trinajstić information content (AvgIpc) is 2.05. The molecule has 1 nitrogen and oxygen atoms in total. The first-order chi connectivity index (χ1) is 5.22. The number of hydrogen-bond acceptors (Lipinski definition) is 1. The lowest BCUT2D eigenvalue weighted by Gasteiger charge is -2.22. The molecule has 1 rings (SSSR count). The van der Waals surface area contributed by atoms with Crippen molar-refractivity contribution in [1.29, 1.82) is 0 Å². The summed E-state index contributed by atoms with van der Waals surface area (Å²) in [6, 6.07) is 10.6. The molecule has 0 aliphatic carbocycles. The highest BCUT2D eigenvalue weighted by Crippen LogP contribution is 2.13. The van der Waals surface area contributed by atoms with Crippen LogP contribution in [0.5, 0.6) is 0 Å². The van der Waals surface area contributed by atoms with Crippen LogP contribution < -0.4 is 4.90 Å². The van der Waals surface area contributed by atoms with E-state index in [0.29, 0.717) is 6.04 Å². The van der Waals surface area contributed by atoms with Crippen LogP contribution in [0, 0.1) is 7.05 Å². The first-order valence-electron chi connectivity index (χ1n) is 3.86. The van der Waals surface area contributed by atoms with Gasteiger partial charge in [-0.2, -0.15) is 0 Å². The van der Waals surface area contributed by atoms with Gasteiger partial charge in [0.1, 0.15) is 0 Å². The molecule has 0 N–H and O–H groups in total. The second kappa shape index (κ2) is 3.42. The van der Waals surface area contributed by atoms with E-state index >= 15 is 0 Å². The molecule has 1 radical (unpaired) electrons. The fourth-order valence-electron chi connectivity index (χ4n) is 0.918. The normalized spacial score (nSPS) is 10.2. The van der Waals surface area contributed by atoms with E-state index in [9.17, 15) is 0 Å². The van der Waals surface area contributed by atoms with Crippen molar-refractivity contribution < 1.29 is 0 Å². The van der Waals surface area contributed by atoms with E-state index in [-0.39, 0.29) is 0 Å². The highest BCUT2D eigenvalue weighted by Gasteiger charge is 2.02. The van der Waals surface area contributed by atoms with Gasteiger partial charge >= 0.3 is 0 Å². The number of anilines is 1. The molecule has 0 amide bonds. The number of hydrogen-bond donors (Lipinski definition) is 0. The summed E-state index contributed by atoms with van der Waals surface area (Å²) in [4.78, 5) is 2.00. The van der Waals surface area contributed by atoms with E-state index in [1.54, 1.807) is 0 Å². The van der Waals surface area contributed by atoms with Gasteiger partial charge in [-0.15, -0.1) is 0 Å². The minimum atomic E-state index is 0.456. The van der Waals surface area contributed by atoms with Crippen molar-refractivity contribution in [2.45, 2.75) is 19.9 Å². The second-order valence-corrected chi connectivity index (χ2v) is 2.90. The number of rotatable bonds is 2. The Labute approximate surface area is 68.7 Å². The van der Waals surface area contributed by atoms with Crippen molar-refractivity contribution in [3.05, 3.63) is 37.4 Å². The maximum absolute atomic E-state index is 3.94. The summed E-state index contributed by atoms with van der Waals surface area (Å²) in [6.45, 7) is 4.25. The summed E-state index contributed by atoms with van der Waals surface area (Å²) in [5, 5.41) is 0. The van der Waals surface area contributed by atoms with Gasteiger partial charge in [-0.25, -0.2) is 0 Å². The zero-order valence-electron chi connectivity index (χ0n) is 7.12. The summed E-state index contributed by atoms with van der Waals surface area (Å²) >= 11 is 0. The maximum atomic E-state index is 3.94. The lowest BCUT2D eigenvalue weighted by molar-refractivity contribution is 0.780. The summed E-state index contributed by atoms with van der Waals surface area (Å²) in [5.41, 5.74) is 1.17. The molecule has 0 heterocycles. The minimum Gasteiger partial charge on any atom is -0.367 e. The van der Waals surface area contributed by atoms with Gasteiger partial charge in [-0.3, -0.25) is 0 Å². The van der Waals surface area contributed by atoms with Crippen LogP contribution in [-0.2, 0) is 0 Å². The van der Waals surface area contributed by atoms with E-state index in [1.165, 1.54) is 5.69 Å². The standard InChI is InChI=1S/C10H14N/c1-9(2)11(3)10-7-5-4-6-8-10/h4-9H,3H2,1-2H3. The van der Waals surface area contributed by atoms with E-state index in [0.717, 1.165) is 0 Å². The van der Waals surface area contributed by atoms with Gasteiger partial charge in [0.15, 0.2) is 0 Å². The second-order valence-electron chi connectivity index (χ2n) is 2.90. The highest BCUT2D eigenvalue weighted by molar-refractivity contribution is 5.46. The summed E-state index contributed by atoms with van der Waals surface area (Å²) in [5.74, 6) is 0. The van der Waals surface area contributed by atoms with Crippen LogP contribution >= 0.6 is 0 Å². The number of benzene rings is 1. The van der Waals surface area contributed by atoms with Crippen molar-refractivity contribution >= 4 is 5.69 Å². The van der Waals surface area contributed by atoms with Crippen LogP contribution in [0.15, 0.2) is 30.3 Å². The molecule has 0 aromatic heterocycles. The molecule has 0 fully saturated rings. The Kier molecular flexibility index (Phi) is 2.53. The summed E-state index contributed by atoms with van der Waals surface area (Å²) in [7, 11) is 3.94. The highest BCUT2D eigenvalue weighted by atomic mass is 15.1. The molecule has 0 aliphatic rings. The van der Waals surface area contributed by atoms with E-state index in [2.05, 4.69) is 33.0 Å². The van der Waals surface area contributed by atoms with Gasteiger partial charge in [-0.05, 0) is 26.0 Å². The SMILES string of the molecule is [CH2]N(c1ccccc1)C(C)C. The molecule has 1 aromatic rings. The quantitative estimate of drug-likeness (QED) is 0.623. The minimum absolute atomic E-state index is 0.456. The molecular weight excluding hydrogens is 134 g/mol. The number of para-hydroxylation sites is 1. The Bertz CT molecular complexity index is 203. The van der Waals surface area contributed by atoms with Gasteiger partial charge in [0.25, 0.3) is 0 Å². The molecule has 0 bridgehead atoms. The molecule has 0 atom stereocenters. The maximum Gasteiger partial charge on any atom is 0.0369 e. The Balaban J connectivity index is 2.77. The Morgan fingerprint density at radius 1 is 1.18 bits per heavy atom. The van der Waals surface area contributed by atoms with Crippen LogP contribution in [0.4, 0.5) is 5.69 Å². The van der Waals surface area contributed by atoms with Crippen molar-refractivity contribution in [3.63, 3.8) is 0 Å². The summed E-state index contributed by atoms with van der Waals surface area (Å²) in [6.07, 6.45) is 0. The molecule has 0 saturated heterocycles. The van der Waals surface area contributed by atoms with Gasteiger partial charge < -0.3 is 4.90 Å². The van der Waals surface area contributed by atoms with Gasteiger partial charge in [-0.1, -0.05) is 18.2 Å². The fourth-order valence-corrected chi connectivity index (χ4v) is 0.918. The first-order valence-corrected chi connectivity index (χ1v) is 3.86. The molecule has 0 spiro atoms. The van der Waals surface area contributed by atoms with E-state index in [4.69, 9.17) is 0 Å². The Morgan fingerprint density at radius 3 is 2.18 bits per heavy atom. The van der Waals surface area contributed by atoms with Crippen molar-refractivity contribution in [1.82, 2.24) is 0 Å². The van der Waals surface area contributed by atoms with Crippen molar-refractivity contribution in [2.24, 2.45) is 0 Å². The topological polar surface area (TPSA) is 3.24 Å². The van der Waals surface area contributed by atoms with Gasteiger partial charge in [0.05, 0.1) is 0 Å². The third-order valence-corrected chi connectivity index (χ3v) is 1.71. The fraction of sp³-hybridized carbons (Fsp3) is 0.300. The van der Waals surface area contributed by atoms with Crippen LogP contribution in [-0.4, -0.2) is 6.04 Å². The Morgan fingerprint density at radius 2 is 1.73 bits per heavy atom. The third kappa shape index (κ3) is 1.97. The monoisotopic (exact) mass is 148 g/mol. The molecule has 0 aliphatic heterocycles. The van der Waals surface area contributed by atoms with Crippen molar-refractivity contribution in [2.75, 3.05) is 4.90 Å². The first kappa shape index (κ1) is 8.12. The van der Waals surface area contributed by atoms with E-state index < -0.39 is 0 Å². The van der Waals surface area contributed by atoms with Gasteiger partial charge in [0.2, 0.25) is 0 Å². The number of nitrogens with zero attached hydrogens (tertiary/aromatic N) is 1.